The lowest BCUT2D eigenvalue weighted by Gasteiger charge is -2.15. The van der Waals surface area contributed by atoms with Crippen LogP contribution in [-0.4, -0.2) is 15.0 Å². The van der Waals surface area contributed by atoms with E-state index < -0.39 is 0 Å². The first kappa shape index (κ1) is 40.2. The van der Waals surface area contributed by atoms with Gasteiger partial charge in [0.2, 0.25) is 0 Å². The van der Waals surface area contributed by atoms with Crippen molar-refractivity contribution in [2.75, 3.05) is 0 Å². The van der Waals surface area contributed by atoms with Crippen LogP contribution in [0.2, 0.25) is 0 Å². The molecule has 12 aromatic rings. The Kier molecular flexibility index (Phi) is 10.2. The average molecular weight is 865 g/mol. The molecule has 0 aliphatic heterocycles. The summed E-state index contributed by atoms with van der Waals surface area (Å²) in [7, 11) is 0. The summed E-state index contributed by atoms with van der Waals surface area (Å²) in [5.74, 6) is 1.71. The predicted molar refractivity (Wildman–Crippen MR) is 281 cm³/mol. The first-order chi connectivity index (χ1) is 33.7. The summed E-state index contributed by atoms with van der Waals surface area (Å²) in [5.41, 5.74) is 13.8. The van der Waals surface area contributed by atoms with Gasteiger partial charge in [0.05, 0.1) is 11.6 Å². The van der Waals surface area contributed by atoms with Gasteiger partial charge in [0.15, 0.2) is 17.5 Å². The molecule has 68 heavy (non-hydrogen) atoms. The van der Waals surface area contributed by atoms with Crippen molar-refractivity contribution in [1.29, 1.82) is 5.26 Å². The fourth-order valence-corrected chi connectivity index (χ4v) is 9.71. The van der Waals surface area contributed by atoms with Gasteiger partial charge >= 0.3 is 0 Å². The van der Waals surface area contributed by atoms with Crippen LogP contribution in [-0.2, 0) is 0 Å². The molecule has 0 atom stereocenters. The second-order valence-corrected chi connectivity index (χ2v) is 17.0. The van der Waals surface area contributed by atoms with Crippen molar-refractivity contribution in [1.82, 2.24) is 15.0 Å². The van der Waals surface area contributed by atoms with E-state index in [9.17, 15) is 5.26 Å². The van der Waals surface area contributed by atoms with Crippen LogP contribution in [0.25, 0.3) is 122 Å². The highest BCUT2D eigenvalue weighted by Crippen LogP contribution is 2.41. The first-order valence-electron chi connectivity index (χ1n) is 22.8. The van der Waals surface area contributed by atoms with Crippen molar-refractivity contribution >= 4 is 32.3 Å². The van der Waals surface area contributed by atoms with Crippen LogP contribution < -0.4 is 0 Å². The van der Waals surface area contributed by atoms with Crippen molar-refractivity contribution in [2.45, 2.75) is 0 Å². The second kappa shape index (κ2) is 17.2. The van der Waals surface area contributed by atoms with E-state index in [1.807, 2.05) is 54.6 Å². The van der Waals surface area contributed by atoms with Gasteiger partial charge in [-0.15, -0.1) is 0 Å². The lowest BCUT2D eigenvalue weighted by atomic mass is 9.88. The van der Waals surface area contributed by atoms with E-state index in [1.165, 1.54) is 43.4 Å². The topological polar surface area (TPSA) is 62.5 Å². The molecule has 4 nitrogen and oxygen atoms in total. The summed E-state index contributed by atoms with van der Waals surface area (Å²) in [5, 5.41) is 18.0. The predicted octanol–water partition coefficient (Wildman–Crippen LogP) is 16.5. The molecule has 0 N–H and O–H groups in total. The number of fused-ring (bicyclic) bond motifs is 4. The molecule has 1 heterocycles. The number of nitrogens with zero attached hydrogens (tertiary/aromatic N) is 4. The highest BCUT2D eigenvalue weighted by atomic mass is 15.0. The van der Waals surface area contributed by atoms with Crippen LogP contribution in [0.15, 0.2) is 243 Å². The van der Waals surface area contributed by atoms with Crippen molar-refractivity contribution in [3.63, 3.8) is 0 Å². The van der Waals surface area contributed by atoms with E-state index in [4.69, 9.17) is 15.0 Å². The summed E-state index contributed by atoms with van der Waals surface area (Å²) < 4.78 is 0. The van der Waals surface area contributed by atoms with Gasteiger partial charge in [-0.1, -0.05) is 231 Å². The molecule has 0 aliphatic carbocycles. The monoisotopic (exact) mass is 864 g/mol. The van der Waals surface area contributed by atoms with Gasteiger partial charge in [0.1, 0.15) is 0 Å². The Bertz CT molecular complexity index is 3920. The minimum Gasteiger partial charge on any atom is -0.208 e. The van der Waals surface area contributed by atoms with Gasteiger partial charge < -0.3 is 0 Å². The lowest BCUT2D eigenvalue weighted by molar-refractivity contribution is 1.07. The van der Waals surface area contributed by atoms with E-state index in [2.05, 4.69) is 194 Å². The van der Waals surface area contributed by atoms with Crippen molar-refractivity contribution in [3.05, 3.63) is 248 Å². The second-order valence-electron chi connectivity index (χ2n) is 17.0. The molecule has 11 aromatic carbocycles. The van der Waals surface area contributed by atoms with E-state index in [1.54, 1.807) is 0 Å². The highest BCUT2D eigenvalue weighted by molar-refractivity contribution is 6.15. The van der Waals surface area contributed by atoms with Crippen LogP contribution in [0, 0.1) is 11.3 Å². The summed E-state index contributed by atoms with van der Waals surface area (Å²) in [6.45, 7) is 0. The van der Waals surface area contributed by atoms with Crippen LogP contribution in [0.3, 0.4) is 0 Å². The zero-order chi connectivity index (χ0) is 45.4. The van der Waals surface area contributed by atoms with Crippen molar-refractivity contribution in [2.24, 2.45) is 0 Å². The average Bonchev–Trinajstić information content (AvgIpc) is 3.42. The maximum atomic E-state index is 10.7. The minimum atomic E-state index is 0.551. The largest absolute Gasteiger partial charge is 0.208 e. The van der Waals surface area contributed by atoms with Crippen LogP contribution in [0.4, 0.5) is 0 Å². The fraction of sp³-hybridized carbons (Fsp3) is 0. The molecule has 0 bridgehead atoms. The van der Waals surface area contributed by atoms with E-state index in [0.29, 0.717) is 23.0 Å². The number of aromatic nitrogens is 3. The van der Waals surface area contributed by atoms with E-state index in [0.717, 1.165) is 61.2 Å². The minimum absolute atomic E-state index is 0.551. The maximum absolute atomic E-state index is 10.7. The van der Waals surface area contributed by atoms with E-state index >= 15 is 0 Å². The fourth-order valence-electron chi connectivity index (χ4n) is 9.71. The van der Waals surface area contributed by atoms with Gasteiger partial charge in [0.25, 0.3) is 0 Å². The summed E-state index contributed by atoms with van der Waals surface area (Å²) in [6, 6.07) is 87.0. The molecule has 0 saturated carbocycles. The highest BCUT2D eigenvalue weighted by Gasteiger charge is 2.19. The molecule has 0 spiro atoms. The zero-order valence-electron chi connectivity index (χ0n) is 36.9. The van der Waals surface area contributed by atoms with Crippen molar-refractivity contribution in [3.8, 4) is 95.9 Å². The quantitative estimate of drug-likeness (QED) is 0.143. The molecule has 0 saturated heterocycles. The molecular weight excluding hydrogens is 825 g/mol. The number of hydrogen-bond acceptors (Lipinski definition) is 4. The Morgan fingerprint density at radius 3 is 1.50 bits per heavy atom. The molecule has 0 aliphatic rings. The van der Waals surface area contributed by atoms with Crippen LogP contribution in [0.5, 0.6) is 0 Å². The Morgan fingerprint density at radius 1 is 0.265 bits per heavy atom. The summed E-state index contributed by atoms with van der Waals surface area (Å²) in [6.07, 6.45) is 0. The Hall–Kier alpha value is -9.30. The molecule has 316 valence electrons. The molecule has 0 amide bonds. The Balaban J connectivity index is 0.908. The maximum Gasteiger partial charge on any atom is 0.164 e. The standard InChI is InChI=1S/C64H40N4/c65-41-51-40-49(37-38-52(51)44-31-33-45(34-32-44)54-24-8-10-27-58(54)59-30-14-20-46-36-35-43-16-5-7-26-57(43)61(46)59)56-25-9-11-28-60(56)64-67-62(47-17-2-1-3-18-47)66-63(68-64)50-22-12-21-48(39-50)55-29-13-19-42-15-4-6-23-53(42)55/h1-40H. The normalized spacial score (nSPS) is 11.2. The molecule has 0 radical (unpaired) electrons. The SMILES string of the molecule is N#Cc1cc(-c2ccccc2-c2nc(-c3ccccc3)nc(-c3cccc(-c4cccc5ccccc45)c3)n2)ccc1-c1ccc(-c2ccccc2-c2cccc3ccc4ccccc4c23)cc1. The van der Waals surface area contributed by atoms with Gasteiger partial charge in [-0.05, 0) is 100 Å². The van der Waals surface area contributed by atoms with Crippen LogP contribution in [0.1, 0.15) is 5.56 Å². The molecule has 4 heteroatoms. The number of benzene rings is 11. The first-order valence-corrected chi connectivity index (χ1v) is 22.8. The zero-order valence-corrected chi connectivity index (χ0v) is 36.9. The number of nitriles is 1. The van der Waals surface area contributed by atoms with Gasteiger partial charge in [-0.25, -0.2) is 15.0 Å². The van der Waals surface area contributed by atoms with E-state index in [-0.39, 0.29) is 0 Å². The smallest absolute Gasteiger partial charge is 0.164 e. The third-order valence-electron chi connectivity index (χ3n) is 13.0. The molecule has 1 aromatic heterocycles. The van der Waals surface area contributed by atoms with Gasteiger partial charge in [-0.3, -0.25) is 0 Å². The van der Waals surface area contributed by atoms with Gasteiger partial charge in [-0.2, -0.15) is 5.26 Å². The Labute approximate surface area is 394 Å². The number of hydrogen-bond donors (Lipinski definition) is 0. The molecule has 12 rings (SSSR count). The summed E-state index contributed by atoms with van der Waals surface area (Å²) in [4.78, 5) is 15.4. The third-order valence-corrected chi connectivity index (χ3v) is 13.0. The summed E-state index contributed by atoms with van der Waals surface area (Å²) >= 11 is 0. The third kappa shape index (κ3) is 7.35. The van der Waals surface area contributed by atoms with Crippen LogP contribution >= 0.6 is 0 Å². The molecule has 0 unspecified atom stereocenters. The number of rotatable bonds is 8. The van der Waals surface area contributed by atoms with Crippen molar-refractivity contribution < 1.29 is 0 Å². The molecular formula is C64H40N4. The Morgan fingerprint density at radius 2 is 0.735 bits per heavy atom. The lowest BCUT2D eigenvalue weighted by Crippen LogP contribution is -2.01. The molecule has 0 fully saturated rings. The van der Waals surface area contributed by atoms with Gasteiger partial charge in [0, 0.05) is 16.7 Å².